The molecule has 11 aromatic rings. The second kappa shape index (κ2) is 49.0. The standard InChI is InChI=1S/C77H71N20O31P5.2Na/c78-59-51(36-79-74(87-59)94-66(101)47-28-14-4-15-29-47)83-71(106)57(127-131(115,116)122-41-55(125-130(112,113)114)70(105)84-52-37-80-75(95-67(102)48-30-16-5-17-31-48)91-60(52)88-63(98)44-22-8-1-9-23-44)42-123-133(119,120)128-58(73(108)86-54-39-82-77(97-69(104)50-34-20-7-21-35-50)93-62(54)90-65(100)46-26-12-3-13-27-46)43-124-132(117,118)126-56(40-121-129(109,110)111)72(107)85-53-38-81-76(96-68(103)49-32-18-6-19-33-49)92-61(53)89-64(99)45-24-10-2-11-25-45;;/h1-39,55-58H,40-43H2,(H,83,106)(H,84,105)(H,85,107)(H,86,108)(H,115,116)(H,117,118)(H,119,120)(H2,109,110,111)(H2,112,113,114)(H3,78,79,87,94,101)(H2,80,88,91,95,98,102)(H2,81,89,92,96,99,103)(H2,82,90,93,97,100,104);;/q;2*+1/p-3/t55-,56-,57-,58-;;/m1../s1. The van der Waals surface area contributed by atoms with Crippen molar-refractivity contribution in [3.8, 4) is 0 Å². The second-order valence-corrected chi connectivity index (χ2v) is 33.0. The SMILES string of the molecule is Nc1nc(NC(=O)c2ccccc2)ncc1NC(=O)[C@@H](COP(=O)(O)O[C@H](COP(=O)(O)O[C@H](COP(=O)([O-])[O-])C(=O)Nc1cnc(NC(=O)c2ccccc2)nc1NC(=O)c1ccccc1)C(=O)Nc1cnc(NC(=O)c2ccccc2)nc1NC(=O)c1ccccc1)OP(=O)(O)OC[C@@H](OP(=O)([O-])O)C(=O)Nc1cnc(NC(=O)c2ccccc2)nc1NC(=O)c1ccccc1.[Na+].[Na+]. The molecule has 17 N–H and O–H groups in total. The van der Waals surface area contributed by atoms with Crippen LogP contribution < -0.4 is 138 Å². The molecule has 0 fully saturated rings. The van der Waals surface area contributed by atoms with E-state index in [0.29, 0.717) is 6.20 Å². The number of nitrogens with zero attached hydrogens (tertiary/aromatic N) is 8. The molecule has 8 atom stereocenters. The van der Waals surface area contributed by atoms with E-state index in [-0.39, 0.29) is 98.1 Å². The van der Waals surface area contributed by atoms with Crippen LogP contribution in [0.4, 0.5) is 69.8 Å². The van der Waals surface area contributed by atoms with Crippen molar-refractivity contribution in [2.24, 2.45) is 0 Å². The van der Waals surface area contributed by atoms with Crippen LogP contribution >= 0.6 is 39.1 Å². The number of nitrogens with one attached hydrogen (secondary N) is 11. The molecule has 51 nitrogen and oxygen atoms in total. The first-order valence-electron chi connectivity index (χ1n) is 37.6. The summed E-state index contributed by atoms with van der Waals surface area (Å²) in [6.07, 6.45) is -8.92. The van der Waals surface area contributed by atoms with E-state index >= 15 is 0 Å². The van der Waals surface area contributed by atoms with E-state index in [0.717, 1.165) is 18.6 Å². The zero-order valence-electron chi connectivity index (χ0n) is 69.4. The molecule has 58 heteroatoms. The summed E-state index contributed by atoms with van der Waals surface area (Å²) in [4.78, 5) is 265. The zero-order valence-corrected chi connectivity index (χ0v) is 77.8. The van der Waals surface area contributed by atoms with Gasteiger partial charge in [-0.05, 0) is 84.9 Å². The molecule has 0 aliphatic carbocycles. The van der Waals surface area contributed by atoms with Gasteiger partial charge in [-0.25, -0.2) is 33.6 Å². The third kappa shape index (κ3) is 33.5. The van der Waals surface area contributed by atoms with Gasteiger partial charge in [-0.2, -0.15) is 19.9 Å². The maximum absolute atomic E-state index is 14.9. The van der Waals surface area contributed by atoms with Crippen LogP contribution in [-0.2, 0) is 78.2 Å². The van der Waals surface area contributed by atoms with Gasteiger partial charge in [-0.3, -0.25) is 106 Å². The Labute approximate surface area is 804 Å². The third-order valence-electron chi connectivity index (χ3n) is 16.8. The van der Waals surface area contributed by atoms with Crippen molar-refractivity contribution in [2.45, 2.75) is 24.4 Å². The molecule has 4 aromatic heterocycles. The average molecular weight is 1970 g/mol. The van der Waals surface area contributed by atoms with Crippen LogP contribution in [0.2, 0.25) is 0 Å². The van der Waals surface area contributed by atoms with E-state index in [1.54, 1.807) is 36.4 Å². The van der Waals surface area contributed by atoms with Crippen LogP contribution in [-0.4, -0.2) is 175 Å². The minimum atomic E-state index is -6.48. The van der Waals surface area contributed by atoms with Gasteiger partial charge in [0.1, 0.15) is 22.7 Å². The van der Waals surface area contributed by atoms with Gasteiger partial charge >= 0.3 is 82.6 Å². The summed E-state index contributed by atoms with van der Waals surface area (Å²) >= 11 is 0. The molecular formula is C77H68N20Na2O31P5-. The van der Waals surface area contributed by atoms with Crippen LogP contribution in [0.5, 0.6) is 0 Å². The fourth-order valence-corrected chi connectivity index (χ4v) is 14.0. The number of hydrogen-bond acceptors (Lipinski definition) is 36. The second-order valence-electron chi connectivity index (χ2n) is 26.4. The number of hydrogen-bond donors (Lipinski definition) is 16. The fourth-order valence-electron chi connectivity index (χ4n) is 10.6. The van der Waals surface area contributed by atoms with Gasteiger partial charge in [-0.1, -0.05) is 127 Å². The van der Waals surface area contributed by atoms with E-state index in [1.807, 2.05) is 5.32 Å². The molecule has 0 saturated carbocycles. The Morgan fingerprint density at radius 1 is 0.289 bits per heavy atom. The maximum Gasteiger partial charge on any atom is 1.00 e. The van der Waals surface area contributed by atoms with Crippen molar-refractivity contribution < 1.29 is 205 Å². The third-order valence-corrected chi connectivity index (χ3v) is 20.8. The minimum absolute atomic E-state index is 0. The van der Waals surface area contributed by atoms with Gasteiger partial charge < -0.3 is 90.8 Å². The summed E-state index contributed by atoms with van der Waals surface area (Å²) in [7, 11) is -31.6. The molecule has 4 heterocycles. The largest absolute Gasteiger partial charge is 1.00 e. The number of aromatic nitrogens is 8. The first kappa shape index (κ1) is 106. The Hall–Kier alpha value is -12.6. The van der Waals surface area contributed by atoms with Crippen molar-refractivity contribution in [3.63, 3.8) is 0 Å². The smallest absolute Gasteiger partial charge is 0.790 e. The normalized spacial score (nSPS) is 13.7. The van der Waals surface area contributed by atoms with Crippen molar-refractivity contribution in [3.05, 3.63) is 276 Å². The summed E-state index contributed by atoms with van der Waals surface area (Å²) in [6, 6.07) is 51.0. The summed E-state index contributed by atoms with van der Waals surface area (Å²) < 4.78 is 107. The van der Waals surface area contributed by atoms with E-state index in [2.05, 4.69) is 102 Å². The number of nitrogens with two attached hydrogens (primary N) is 1. The summed E-state index contributed by atoms with van der Waals surface area (Å²) in [5.74, 6) is -18.3. The number of nitrogen functional groups attached to an aromatic ring is 1. The zero-order chi connectivity index (χ0) is 95.6. The van der Waals surface area contributed by atoms with Crippen LogP contribution in [0.15, 0.2) is 237 Å². The summed E-state index contributed by atoms with van der Waals surface area (Å²) in [6.45, 7) is -7.68. The van der Waals surface area contributed by atoms with Crippen LogP contribution in [0.1, 0.15) is 72.5 Å². The molecule has 0 aliphatic rings. The molecule has 690 valence electrons. The molecule has 0 saturated heterocycles. The van der Waals surface area contributed by atoms with Crippen molar-refractivity contribution in [2.75, 3.05) is 90.6 Å². The number of phosphoric acid groups is 5. The van der Waals surface area contributed by atoms with Gasteiger partial charge in [0, 0.05) is 38.9 Å². The number of rotatable bonds is 42. The molecule has 7 aromatic carbocycles. The van der Waals surface area contributed by atoms with Gasteiger partial charge in [0.05, 0.1) is 59.0 Å². The van der Waals surface area contributed by atoms with E-state index in [4.69, 9.17) is 32.9 Å². The van der Waals surface area contributed by atoms with Crippen LogP contribution in [0.25, 0.3) is 0 Å². The van der Waals surface area contributed by atoms with Crippen LogP contribution in [0, 0.1) is 0 Å². The van der Waals surface area contributed by atoms with Gasteiger partial charge in [0.25, 0.3) is 72.8 Å². The van der Waals surface area contributed by atoms with E-state index < -0.39 is 225 Å². The van der Waals surface area contributed by atoms with Gasteiger partial charge in [0.15, 0.2) is 47.7 Å². The Morgan fingerprint density at radius 3 is 0.711 bits per heavy atom. The number of carbonyl (C=O) groups is 11. The Balaban J connectivity index is 0.0000102. The molecule has 4 unspecified atom stereocenters. The average Bonchev–Trinajstić information content (AvgIpc) is 0.827. The fraction of sp³-hybridized carbons (Fsp3) is 0.104. The first-order chi connectivity index (χ1) is 63.3. The van der Waals surface area contributed by atoms with Gasteiger partial charge in [-0.15, -0.1) is 0 Å². The number of carbonyl (C=O) groups excluding carboxylic acids is 11. The van der Waals surface area contributed by atoms with E-state index in [1.165, 1.54) is 176 Å². The molecular weight excluding hydrogens is 1900 g/mol. The van der Waals surface area contributed by atoms with Crippen molar-refractivity contribution in [1.82, 2.24) is 39.9 Å². The molecule has 0 radical (unpaired) electrons. The number of amides is 11. The van der Waals surface area contributed by atoms with Crippen molar-refractivity contribution in [1.29, 1.82) is 0 Å². The van der Waals surface area contributed by atoms with Crippen LogP contribution in [0.3, 0.4) is 0 Å². The summed E-state index contributed by atoms with van der Waals surface area (Å²) in [5, 5.41) is 24.7. The summed E-state index contributed by atoms with van der Waals surface area (Å²) in [5.41, 5.74) is 3.54. The first-order valence-corrected chi connectivity index (χ1v) is 45.1. The molecule has 0 spiro atoms. The quantitative estimate of drug-likeness (QED) is 0.0165. The minimum Gasteiger partial charge on any atom is -0.790 e. The van der Waals surface area contributed by atoms with Gasteiger partial charge in [0.2, 0.25) is 23.8 Å². The Bertz CT molecular complexity index is 6400. The molecule has 11 rings (SSSR count). The molecule has 0 aliphatic heterocycles. The molecule has 0 bridgehead atoms. The monoisotopic (exact) mass is 1970 g/mol. The Kier molecular flexibility index (Phi) is 38.5. The molecule has 135 heavy (non-hydrogen) atoms. The van der Waals surface area contributed by atoms with Crippen molar-refractivity contribution >= 4 is 174 Å². The number of phosphoric ester groups is 5. The molecule has 11 amide bonds. The topological polar surface area (TPSA) is 759 Å². The Morgan fingerprint density at radius 2 is 0.489 bits per heavy atom. The predicted molar refractivity (Wildman–Crippen MR) is 458 cm³/mol. The van der Waals surface area contributed by atoms with E-state index in [9.17, 15) is 110 Å². The maximum atomic E-state index is 14.9. The predicted octanol–water partition coefficient (Wildman–Crippen LogP) is -0.745. The number of anilines is 12. The number of benzene rings is 7.